The minimum atomic E-state index is -0.346. The number of halogens is 1. The molecular weight excluding hydrogens is 566 g/mol. The van der Waals surface area contributed by atoms with Crippen LogP contribution in [0.2, 0.25) is 0 Å². The van der Waals surface area contributed by atoms with Crippen molar-refractivity contribution in [2.24, 2.45) is 0 Å². The van der Waals surface area contributed by atoms with Gasteiger partial charge in [-0.2, -0.15) is 4.98 Å². The molecule has 0 bridgehead atoms. The van der Waals surface area contributed by atoms with Gasteiger partial charge in [0.1, 0.15) is 21.8 Å². The van der Waals surface area contributed by atoms with Gasteiger partial charge in [0, 0.05) is 37.9 Å². The molecule has 1 saturated heterocycles. The van der Waals surface area contributed by atoms with E-state index in [9.17, 15) is 4.79 Å². The van der Waals surface area contributed by atoms with E-state index in [2.05, 4.69) is 46.3 Å². The molecular formula is C27H28BrN7O4. The van der Waals surface area contributed by atoms with E-state index in [4.69, 9.17) is 18.9 Å². The molecule has 202 valence electrons. The lowest BCUT2D eigenvalue weighted by atomic mass is 10.2. The number of carbonyl (C=O) groups is 1. The van der Waals surface area contributed by atoms with Crippen LogP contribution in [-0.4, -0.2) is 66.2 Å². The summed E-state index contributed by atoms with van der Waals surface area (Å²) in [4.78, 5) is 30.6. The van der Waals surface area contributed by atoms with Crippen LogP contribution in [0.25, 0.3) is 0 Å². The Kier molecular flexibility index (Phi) is 8.23. The van der Waals surface area contributed by atoms with Crippen LogP contribution < -0.4 is 25.0 Å². The molecule has 0 saturated carbocycles. The van der Waals surface area contributed by atoms with E-state index in [0.717, 1.165) is 38.5 Å². The second-order valence-corrected chi connectivity index (χ2v) is 9.58. The van der Waals surface area contributed by atoms with Crippen molar-refractivity contribution in [2.45, 2.75) is 6.54 Å². The highest BCUT2D eigenvalue weighted by Crippen LogP contribution is 2.32. The van der Waals surface area contributed by atoms with Gasteiger partial charge in [0.15, 0.2) is 11.6 Å². The van der Waals surface area contributed by atoms with E-state index in [1.54, 1.807) is 57.0 Å². The van der Waals surface area contributed by atoms with E-state index in [1.165, 1.54) is 0 Å². The van der Waals surface area contributed by atoms with Gasteiger partial charge in [-0.25, -0.2) is 9.97 Å². The third-order valence-corrected chi connectivity index (χ3v) is 6.68. The lowest BCUT2D eigenvalue weighted by Gasteiger charge is -2.34. The van der Waals surface area contributed by atoms with Crippen molar-refractivity contribution in [3.05, 3.63) is 77.0 Å². The van der Waals surface area contributed by atoms with Crippen molar-refractivity contribution in [1.29, 1.82) is 0 Å². The lowest BCUT2D eigenvalue weighted by molar-refractivity contribution is 0.102. The number of ether oxygens (including phenoxy) is 2. The summed E-state index contributed by atoms with van der Waals surface area (Å²) in [6, 6.07) is 14.4. The number of rotatable bonds is 9. The number of piperazine rings is 1. The molecule has 39 heavy (non-hydrogen) atoms. The zero-order valence-electron chi connectivity index (χ0n) is 21.6. The molecule has 1 amide bonds. The normalized spacial score (nSPS) is 13.7. The van der Waals surface area contributed by atoms with Gasteiger partial charge in [-0.1, -0.05) is 6.07 Å². The van der Waals surface area contributed by atoms with Crippen LogP contribution in [0.1, 0.15) is 16.2 Å². The first kappa shape index (κ1) is 26.4. The summed E-state index contributed by atoms with van der Waals surface area (Å²) in [5.41, 5.74) is 1.50. The highest BCUT2D eigenvalue weighted by molar-refractivity contribution is 9.10. The number of benzene rings is 1. The molecule has 3 aromatic heterocycles. The molecule has 0 radical (unpaired) electrons. The third kappa shape index (κ3) is 6.47. The predicted octanol–water partition coefficient (Wildman–Crippen LogP) is 4.56. The fourth-order valence-corrected chi connectivity index (χ4v) is 4.56. The molecule has 0 atom stereocenters. The second-order valence-electron chi connectivity index (χ2n) is 8.77. The first-order chi connectivity index (χ1) is 19.0. The number of hydrogen-bond donors (Lipinski definition) is 2. The van der Waals surface area contributed by atoms with Crippen LogP contribution in [0.15, 0.2) is 70.0 Å². The van der Waals surface area contributed by atoms with Crippen molar-refractivity contribution in [3.8, 4) is 11.5 Å². The van der Waals surface area contributed by atoms with Crippen molar-refractivity contribution in [2.75, 3.05) is 55.9 Å². The van der Waals surface area contributed by atoms with Crippen LogP contribution >= 0.6 is 15.9 Å². The van der Waals surface area contributed by atoms with Gasteiger partial charge >= 0.3 is 0 Å². The van der Waals surface area contributed by atoms with Gasteiger partial charge in [0.2, 0.25) is 5.95 Å². The van der Waals surface area contributed by atoms with Gasteiger partial charge in [-0.05, 0) is 52.3 Å². The number of furan rings is 1. The Hall–Kier alpha value is -4.16. The Balaban J connectivity index is 1.28. The van der Waals surface area contributed by atoms with E-state index in [1.807, 2.05) is 18.2 Å². The van der Waals surface area contributed by atoms with E-state index in [-0.39, 0.29) is 11.6 Å². The minimum absolute atomic E-state index is 0.286. The monoisotopic (exact) mass is 593 g/mol. The standard InChI is InChI=1S/C27H28BrN7O4/c1-37-22-15-18(8-9-20(22)32-26(36)21-6-3-7-24(28)31-21)30-25-23(38-2)16-29-27(33-25)35-12-10-34(11-13-35)17-19-5-4-14-39-19/h3-9,14-16H,10-13,17H2,1-2H3,(H,32,36)(H,29,30,33). The molecule has 4 heterocycles. The van der Waals surface area contributed by atoms with Gasteiger partial charge in [-0.3, -0.25) is 9.69 Å². The Labute approximate surface area is 234 Å². The number of carbonyl (C=O) groups excluding carboxylic acids is 1. The van der Waals surface area contributed by atoms with Crippen LogP contribution in [0.4, 0.5) is 23.1 Å². The Bertz CT molecular complexity index is 1430. The number of aromatic nitrogens is 3. The molecule has 0 aliphatic carbocycles. The maximum Gasteiger partial charge on any atom is 0.274 e. The SMILES string of the molecule is COc1cc(Nc2nc(N3CCN(Cc4ccco4)CC3)ncc2OC)ccc1NC(=O)c1cccc(Br)n1. The molecule has 4 aromatic rings. The summed E-state index contributed by atoms with van der Waals surface area (Å²) in [6.07, 6.45) is 3.36. The van der Waals surface area contributed by atoms with E-state index >= 15 is 0 Å². The number of methoxy groups -OCH3 is 2. The zero-order valence-corrected chi connectivity index (χ0v) is 23.1. The molecule has 12 heteroatoms. The fourth-order valence-electron chi connectivity index (χ4n) is 4.21. The first-order valence-electron chi connectivity index (χ1n) is 12.3. The molecule has 0 unspecified atom stereocenters. The summed E-state index contributed by atoms with van der Waals surface area (Å²) in [5.74, 6) is 2.74. The van der Waals surface area contributed by atoms with Crippen LogP contribution in [0.5, 0.6) is 11.5 Å². The van der Waals surface area contributed by atoms with E-state index in [0.29, 0.717) is 39.2 Å². The molecule has 1 aliphatic rings. The topological polar surface area (TPSA) is 118 Å². The average molecular weight is 594 g/mol. The van der Waals surface area contributed by atoms with Gasteiger partial charge < -0.3 is 29.4 Å². The molecule has 1 aliphatic heterocycles. The van der Waals surface area contributed by atoms with E-state index < -0.39 is 0 Å². The number of nitrogens with one attached hydrogen (secondary N) is 2. The fraction of sp³-hybridized carbons (Fsp3) is 0.259. The summed E-state index contributed by atoms with van der Waals surface area (Å²) < 4.78 is 17.1. The predicted molar refractivity (Wildman–Crippen MR) is 151 cm³/mol. The number of pyridine rings is 1. The quantitative estimate of drug-likeness (QED) is 0.267. The van der Waals surface area contributed by atoms with Crippen molar-refractivity contribution >= 4 is 45.0 Å². The maximum absolute atomic E-state index is 12.7. The maximum atomic E-state index is 12.7. The third-order valence-electron chi connectivity index (χ3n) is 6.24. The molecule has 1 fully saturated rings. The molecule has 5 rings (SSSR count). The Morgan fingerprint density at radius 1 is 1.03 bits per heavy atom. The molecule has 11 nitrogen and oxygen atoms in total. The average Bonchev–Trinajstić information content (AvgIpc) is 3.47. The molecule has 0 spiro atoms. The highest BCUT2D eigenvalue weighted by atomic mass is 79.9. The summed E-state index contributed by atoms with van der Waals surface area (Å²) in [6.45, 7) is 4.12. The summed E-state index contributed by atoms with van der Waals surface area (Å²) in [5, 5.41) is 6.15. The lowest BCUT2D eigenvalue weighted by Crippen LogP contribution is -2.46. The van der Waals surface area contributed by atoms with Gasteiger partial charge in [-0.15, -0.1) is 0 Å². The largest absolute Gasteiger partial charge is 0.494 e. The summed E-state index contributed by atoms with van der Waals surface area (Å²) >= 11 is 3.29. The molecule has 2 N–H and O–H groups in total. The van der Waals surface area contributed by atoms with Gasteiger partial charge in [0.25, 0.3) is 5.91 Å². The van der Waals surface area contributed by atoms with Crippen molar-refractivity contribution in [1.82, 2.24) is 19.9 Å². The van der Waals surface area contributed by atoms with Crippen molar-refractivity contribution in [3.63, 3.8) is 0 Å². The van der Waals surface area contributed by atoms with Crippen LogP contribution in [-0.2, 0) is 6.54 Å². The first-order valence-corrected chi connectivity index (χ1v) is 13.1. The number of amides is 1. The second kappa shape index (κ2) is 12.1. The molecule has 1 aromatic carbocycles. The van der Waals surface area contributed by atoms with Crippen LogP contribution in [0.3, 0.4) is 0 Å². The minimum Gasteiger partial charge on any atom is -0.494 e. The zero-order chi connectivity index (χ0) is 27.2. The van der Waals surface area contributed by atoms with Crippen molar-refractivity contribution < 1.29 is 18.7 Å². The van der Waals surface area contributed by atoms with Gasteiger partial charge in [0.05, 0.1) is 38.9 Å². The Morgan fingerprint density at radius 2 is 1.85 bits per heavy atom. The highest BCUT2D eigenvalue weighted by Gasteiger charge is 2.21. The summed E-state index contributed by atoms with van der Waals surface area (Å²) in [7, 11) is 3.12. The number of hydrogen-bond acceptors (Lipinski definition) is 10. The van der Waals surface area contributed by atoms with Crippen LogP contribution in [0, 0.1) is 0 Å². The Morgan fingerprint density at radius 3 is 2.56 bits per heavy atom. The number of nitrogens with zero attached hydrogens (tertiary/aromatic N) is 5. The smallest absolute Gasteiger partial charge is 0.274 e. The number of anilines is 4.